The number of imide groups is 1. The third kappa shape index (κ3) is 4.90. The van der Waals surface area contributed by atoms with E-state index in [2.05, 4.69) is 4.98 Å². The van der Waals surface area contributed by atoms with Gasteiger partial charge in [0.25, 0.3) is 0 Å². The van der Waals surface area contributed by atoms with Crippen molar-refractivity contribution < 1.29 is 23.8 Å². The van der Waals surface area contributed by atoms with Crippen LogP contribution in [0, 0.1) is 6.92 Å². The summed E-state index contributed by atoms with van der Waals surface area (Å²) in [5.41, 5.74) is 2.11. The molecule has 0 fully saturated rings. The van der Waals surface area contributed by atoms with E-state index >= 15 is 0 Å². The maximum absolute atomic E-state index is 12.4. The van der Waals surface area contributed by atoms with E-state index in [0.29, 0.717) is 23.6 Å². The molecule has 0 aliphatic heterocycles. The van der Waals surface area contributed by atoms with Gasteiger partial charge in [-0.15, -0.1) is 11.3 Å². The monoisotopic (exact) mass is 414 g/mol. The average molecular weight is 414 g/mol. The predicted molar refractivity (Wildman–Crippen MR) is 112 cm³/mol. The van der Waals surface area contributed by atoms with Crippen molar-refractivity contribution in [3.8, 4) is 5.75 Å². The van der Waals surface area contributed by atoms with Crippen LogP contribution in [0.25, 0.3) is 10.2 Å². The number of nitrogens with zero attached hydrogens (tertiary/aromatic N) is 2. The highest BCUT2D eigenvalue weighted by atomic mass is 32.1. The largest absolute Gasteiger partial charge is 0.486 e. The molecule has 1 aromatic heterocycles. The summed E-state index contributed by atoms with van der Waals surface area (Å²) >= 11 is 1.59. The van der Waals surface area contributed by atoms with Crippen LogP contribution < -0.4 is 9.64 Å². The van der Waals surface area contributed by atoms with Gasteiger partial charge in [-0.2, -0.15) is 0 Å². The van der Waals surface area contributed by atoms with Gasteiger partial charge in [0.1, 0.15) is 17.4 Å². The topological polar surface area (TPSA) is 78.0 Å². The molecular weight excluding hydrogens is 392 g/mol. The quantitative estimate of drug-likeness (QED) is 0.573. The molecule has 8 heteroatoms. The number of carbonyl (C=O) groups excluding carboxylic acids is 2. The van der Waals surface area contributed by atoms with Crippen molar-refractivity contribution in [1.82, 2.24) is 4.98 Å². The molecule has 0 radical (unpaired) electrons. The van der Waals surface area contributed by atoms with E-state index in [1.807, 2.05) is 24.3 Å². The van der Waals surface area contributed by atoms with Crippen LogP contribution in [-0.2, 0) is 20.9 Å². The average Bonchev–Trinajstić information content (AvgIpc) is 3.15. The summed E-state index contributed by atoms with van der Waals surface area (Å²) < 4.78 is 16.7. The highest BCUT2D eigenvalue weighted by Gasteiger charge is 2.25. The minimum absolute atomic E-state index is 0.0703. The zero-order valence-electron chi connectivity index (χ0n) is 16.5. The summed E-state index contributed by atoms with van der Waals surface area (Å²) in [6.45, 7) is 2.36. The maximum Gasteiger partial charge on any atom is 0.420 e. The van der Waals surface area contributed by atoms with Crippen molar-refractivity contribution in [3.63, 3.8) is 0 Å². The third-order valence-corrected chi connectivity index (χ3v) is 5.25. The molecule has 0 spiro atoms. The molecule has 0 saturated carbocycles. The molecule has 1 heterocycles. The molecule has 152 valence electrons. The highest BCUT2D eigenvalue weighted by molar-refractivity contribution is 7.18. The van der Waals surface area contributed by atoms with E-state index in [4.69, 9.17) is 14.2 Å². The second-order valence-corrected chi connectivity index (χ2v) is 7.37. The highest BCUT2D eigenvalue weighted by Crippen LogP contribution is 2.28. The van der Waals surface area contributed by atoms with Crippen LogP contribution >= 0.6 is 11.3 Å². The number of anilines is 1. The first-order valence-corrected chi connectivity index (χ1v) is 9.83. The Bertz CT molecular complexity index is 984. The van der Waals surface area contributed by atoms with E-state index in [1.165, 1.54) is 14.2 Å². The molecule has 2 aromatic carbocycles. The SMILES string of the molecule is COCCC(=O)N(C(=O)OC)c1ccc(OCc2nc3ccccc3s2)cc1C. The third-order valence-electron chi connectivity index (χ3n) is 4.24. The molecule has 7 nitrogen and oxygen atoms in total. The molecule has 3 aromatic rings. The van der Waals surface area contributed by atoms with Gasteiger partial charge >= 0.3 is 6.09 Å². The Morgan fingerprint density at radius 2 is 1.93 bits per heavy atom. The Labute approximate surface area is 172 Å². The minimum atomic E-state index is -0.739. The number of methoxy groups -OCH3 is 2. The molecule has 0 unspecified atom stereocenters. The van der Waals surface area contributed by atoms with Gasteiger partial charge in [0.2, 0.25) is 5.91 Å². The fourth-order valence-electron chi connectivity index (χ4n) is 2.82. The number of rotatable bonds is 7. The van der Waals surface area contributed by atoms with Gasteiger partial charge < -0.3 is 14.2 Å². The number of amides is 2. The molecule has 29 heavy (non-hydrogen) atoms. The van der Waals surface area contributed by atoms with Gasteiger partial charge in [0, 0.05) is 7.11 Å². The normalized spacial score (nSPS) is 10.7. The summed E-state index contributed by atoms with van der Waals surface area (Å²) in [5.74, 6) is 0.226. The second-order valence-electron chi connectivity index (χ2n) is 6.25. The summed E-state index contributed by atoms with van der Waals surface area (Å²) in [7, 11) is 2.74. The number of hydrogen-bond donors (Lipinski definition) is 0. The smallest absolute Gasteiger partial charge is 0.420 e. The van der Waals surface area contributed by atoms with Gasteiger partial charge in [-0.1, -0.05) is 12.1 Å². The Morgan fingerprint density at radius 3 is 2.62 bits per heavy atom. The van der Waals surface area contributed by atoms with Crippen molar-refractivity contribution in [1.29, 1.82) is 0 Å². The van der Waals surface area contributed by atoms with Crippen LogP contribution in [0.3, 0.4) is 0 Å². The van der Waals surface area contributed by atoms with Gasteiger partial charge in [0.15, 0.2) is 0 Å². The first-order chi connectivity index (χ1) is 14.0. The molecule has 0 bridgehead atoms. The lowest BCUT2D eigenvalue weighted by Crippen LogP contribution is -2.37. The number of benzene rings is 2. The van der Waals surface area contributed by atoms with Gasteiger partial charge in [-0.05, 0) is 42.8 Å². The first-order valence-electron chi connectivity index (χ1n) is 9.01. The molecule has 0 aliphatic rings. The summed E-state index contributed by atoms with van der Waals surface area (Å²) in [4.78, 5) is 30.2. The van der Waals surface area contributed by atoms with Crippen LogP contribution in [0.4, 0.5) is 10.5 Å². The lowest BCUT2D eigenvalue weighted by Gasteiger charge is -2.21. The number of ether oxygens (including phenoxy) is 3. The van der Waals surface area contributed by atoms with Crippen LogP contribution in [0.5, 0.6) is 5.75 Å². The summed E-state index contributed by atoms with van der Waals surface area (Å²) in [6, 6.07) is 13.1. The fraction of sp³-hybridized carbons (Fsp3) is 0.286. The number of hydrogen-bond acceptors (Lipinski definition) is 7. The number of carbonyl (C=O) groups is 2. The van der Waals surface area contributed by atoms with Crippen molar-refractivity contribution in [2.75, 3.05) is 25.7 Å². The lowest BCUT2D eigenvalue weighted by atomic mass is 10.1. The second kappa shape index (κ2) is 9.49. The molecule has 0 aliphatic carbocycles. The minimum Gasteiger partial charge on any atom is -0.486 e. The standard InChI is InChI=1S/C21H22N2O5S/c1-14-12-15(28-13-19-22-16-6-4-5-7-18(16)29-19)8-9-17(14)23(21(25)27-3)20(24)10-11-26-2/h4-9,12H,10-11,13H2,1-3H3. The van der Waals surface area contributed by atoms with Crippen LogP contribution in [0.1, 0.15) is 17.0 Å². The lowest BCUT2D eigenvalue weighted by molar-refractivity contribution is -0.119. The number of aromatic nitrogens is 1. The molecular formula is C21H22N2O5S. The van der Waals surface area contributed by atoms with Crippen molar-refractivity contribution in [2.45, 2.75) is 20.0 Å². The van der Waals surface area contributed by atoms with Crippen LogP contribution in [-0.4, -0.2) is 37.8 Å². The Kier molecular flexibility index (Phi) is 6.79. The van der Waals surface area contributed by atoms with E-state index in [-0.39, 0.29) is 13.0 Å². The molecule has 2 amide bonds. The van der Waals surface area contributed by atoms with Crippen molar-refractivity contribution in [2.24, 2.45) is 0 Å². The van der Waals surface area contributed by atoms with Crippen molar-refractivity contribution in [3.05, 3.63) is 53.0 Å². The maximum atomic E-state index is 12.4. The van der Waals surface area contributed by atoms with E-state index in [9.17, 15) is 9.59 Å². The van der Waals surface area contributed by atoms with Crippen LogP contribution in [0.2, 0.25) is 0 Å². The number of thiazole rings is 1. The Balaban J connectivity index is 1.75. The van der Waals surface area contributed by atoms with Gasteiger partial charge in [0.05, 0.1) is 36.0 Å². The van der Waals surface area contributed by atoms with Gasteiger partial charge in [-0.25, -0.2) is 14.7 Å². The Morgan fingerprint density at radius 1 is 1.14 bits per heavy atom. The molecule has 0 saturated heterocycles. The van der Waals surface area contributed by atoms with E-state index < -0.39 is 12.0 Å². The molecule has 0 N–H and O–H groups in total. The fourth-order valence-corrected chi connectivity index (χ4v) is 3.70. The number of aryl methyl sites for hydroxylation is 1. The van der Waals surface area contributed by atoms with Crippen molar-refractivity contribution >= 4 is 39.2 Å². The van der Waals surface area contributed by atoms with E-state index in [1.54, 1.807) is 36.5 Å². The predicted octanol–water partition coefficient (Wildman–Crippen LogP) is 4.32. The Hall–Kier alpha value is -2.97. The zero-order chi connectivity index (χ0) is 20.8. The van der Waals surface area contributed by atoms with Crippen LogP contribution in [0.15, 0.2) is 42.5 Å². The zero-order valence-corrected chi connectivity index (χ0v) is 17.3. The van der Waals surface area contributed by atoms with Gasteiger partial charge in [-0.3, -0.25) is 4.79 Å². The van der Waals surface area contributed by atoms with E-state index in [0.717, 1.165) is 20.1 Å². The molecule has 0 atom stereocenters. The summed E-state index contributed by atoms with van der Waals surface area (Å²) in [6.07, 6.45) is -0.668. The number of para-hydroxylation sites is 1. The molecule has 3 rings (SSSR count). The summed E-state index contributed by atoms with van der Waals surface area (Å²) in [5, 5.41) is 0.874. The first kappa shape index (κ1) is 20.8. The number of fused-ring (bicyclic) bond motifs is 1.